The van der Waals surface area contributed by atoms with E-state index >= 15 is 0 Å². The zero-order valence-corrected chi connectivity index (χ0v) is 16.0. The van der Waals surface area contributed by atoms with E-state index < -0.39 is 0 Å². The highest BCUT2D eigenvalue weighted by molar-refractivity contribution is 5.83. The molecule has 1 amide bonds. The van der Waals surface area contributed by atoms with Gasteiger partial charge in [-0.25, -0.2) is 0 Å². The van der Waals surface area contributed by atoms with Crippen LogP contribution in [0.4, 0.5) is 0 Å². The Morgan fingerprint density at radius 2 is 1.65 bits per heavy atom. The van der Waals surface area contributed by atoms with Gasteiger partial charge in [0.25, 0.3) is 0 Å². The third kappa shape index (κ3) is 3.31. The molecule has 6 aliphatic rings. The van der Waals surface area contributed by atoms with Gasteiger partial charge in [0.05, 0.1) is 12.1 Å². The van der Waals surface area contributed by atoms with E-state index in [0.717, 1.165) is 37.4 Å². The molecule has 0 aromatic carbocycles. The van der Waals surface area contributed by atoms with Gasteiger partial charge in [0.2, 0.25) is 5.91 Å². The van der Waals surface area contributed by atoms with E-state index in [1.165, 1.54) is 51.4 Å². The summed E-state index contributed by atoms with van der Waals surface area (Å²) in [6, 6.07) is -0.118. The minimum atomic E-state index is -0.344. The Morgan fingerprint density at radius 1 is 1.04 bits per heavy atom. The van der Waals surface area contributed by atoms with Gasteiger partial charge in [-0.3, -0.25) is 9.69 Å². The standard InChI is InChI=1S/C21H35N3O2/c25-18-8-19(24(13-18)12-14-1-3-22-4-2-14)20(26)23-21-9-15-5-16(10-21)7-17(6-15)11-21/h14-19,22,25H,1-13H2,(H,23,26)/t15?,16?,17?,18-,19-,21?/m1/s1. The van der Waals surface area contributed by atoms with Crippen LogP contribution in [-0.2, 0) is 4.79 Å². The SMILES string of the molecule is O=C(NC12CC3CC(CC(C3)C1)C2)[C@H]1C[C@@H](O)CN1CC1CCNCC1. The molecule has 6 fully saturated rings. The molecule has 0 aromatic heterocycles. The monoisotopic (exact) mass is 361 g/mol. The summed E-state index contributed by atoms with van der Waals surface area (Å²) in [5.74, 6) is 3.42. The second kappa shape index (κ2) is 6.75. The van der Waals surface area contributed by atoms with Gasteiger partial charge in [0.15, 0.2) is 0 Å². The zero-order valence-electron chi connectivity index (χ0n) is 16.0. The second-order valence-electron chi connectivity index (χ2n) is 10.2. The molecule has 6 rings (SSSR count). The predicted octanol–water partition coefficient (Wildman–Crippen LogP) is 1.51. The van der Waals surface area contributed by atoms with Crippen molar-refractivity contribution in [3.8, 4) is 0 Å². The molecule has 146 valence electrons. The number of hydrogen-bond donors (Lipinski definition) is 3. The molecule has 2 aliphatic heterocycles. The third-order valence-corrected chi connectivity index (χ3v) is 8.06. The first-order valence-electron chi connectivity index (χ1n) is 11.0. The maximum atomic E-state index is 13.3. The van der Waals surface area contributed by atoms with E-state index in [-0.39, 0.29) is 23.6 Å². The summed E-state index contributed by atoms with van der Waals surface area (Å²) in [4.78, 5) is 15.5. The number of aliphatic hydroxyl groups is 1. The molecule has 5 nitrogen and oxygen atoms in total. The van der Waals surface area contributed by atoms with Crippen LogP contribution in [0.2, 0.25) is 0 Å². The minimum absolute atomic E-state index is 0.0831. The molecule has 4 bridgehead atoms. The molecule has 0 spiro atoms. The van der Waals surface area contributed by atoms with Crippen molar-refractivity contribution in [1.82, 2.24) is 15.5 Å². The Balaban J connectivity index is 1.25. The normalized spacial score (nSPS) is 46.0. The topological polar surface area (TPSA) is 64.6 Å². The number of aliphatic hydroxyl groups excluding tert-OH is 1. The molecular formula is C21H35N3O2. The number of rotatable bonds is 4. The van der Waals surface area contributed by atoms with E-state index in [9.17, 15) is 9.90 Å². The fraction of sp³-hybridized carbons (Fsp3) is 0.952. The number of carbonyl (C=O) groups is 1. The summed E-state index contributed by atoms with van der Waals surface area (Å²) in [7, 11) is 0. The number of hydrogen-bond acceptors (Lipinski definition) is 4. The smallest absolute Gasteiger partial charge is 0.237 e. The Labute approximate surface area is 157 Å². The lowest BCUT2D eigenvalue weighted by Crippen LogP contribution is -2.62. The minimum Gasteiger partial charge on any atom is -0.392 e. The number of piperidine rings is 1. The molecule has 4 aliphatic carbocycles. The van der Waals surface area contributed by atoms with Crippen LogP contribution in [-0.4, -0.2) is 59.8 Å². The maximum Gasteiger partial charge on any atom is 0.237 e. The van der Waals surface area contributed by atoms with Crippen molar-refractivity contribution < 1.29 is 9.90 Å². The predicted molar refractivity (Wildman–Crippen MR) is 101 cm³/mol. The first-order valence-corrected chi connectivity index (χ1v) is 11.0. The number of β-amino-alcohol motifs (C(OH)–C–C–N with tert-alkyl or cyclic N) is 1. The Kier molecular flexibility index (Phi) is 4.53. The fourth-order valence-corrected chi connectivity index (χ4v) is 7.36. The Morgan fingerprint density at radius 3 is 2.27 bits per heavy atom. The van der Waals surface area contributed by atoms with Gasteiger partial charge in [0.1, 0.15) is 0 Å². The van der Waals surface area contributed by atoms with Crippen molar-refractivity contribution in [2.24, 2.45) is 23.7 Å². The second-order valence-corrected chi connectivity index (χ2v) is 10.2. The van der Waals surface area contributed by atoms with Crippen molar-refractivity contribution in [3.63, 3.8) is 0 Å². The van der Waals surface area contributed by atoms with E-state index in [1.807, 2.05) is 0 Å². The van der Waals surface area contributed by atoms with Crippen molar-refractivity contribution in [2.45, 2.75) is 75.5 Å². The van der Waals surface area contributed by atoms with Gasteiger partial charge >= 0.3 is 0 Å². The molecule has 0 radical (unpaired) electrons. The van der Waals surface area contributed by atoms with Gasteiger partial charge in [-0.1, -0.05) is 0 Å². The summed E-state index contributed by atoms with van der Waals surface area (Å²) in [6.07, 6.45) is 10.5. The average molecular weight is 362 g/mol. The molecular weight excluding hydrogens is 326 g/mol. The summed E-state index contributed by atoms with van der Waals surface area (Å²) in [5.41, 5.74) is 0.0831. The third-order valence-electron chi connectivity index (χ3n) is 8.06. The number of nitrogens with zero attached hydrogens (tertiary/aromatic N) is 1. The van der Waals surface area contributed by atoms with Gasteiger partial charge in [-0.05, 0) is 94.5 Å². The van der Waals surface area contributed by atoms with Gasteiger partial charge in [0, 0.05) is 18.6 Å². The maximum absolute atomic E-state index is 13.3. The lowest BCUT2D eigenvalue weighted by molar-refractivity contribution is -0.131. The Hall–Kier alpha value is -0.650. The van der Waals surface area contributed by atoms with Gasteiger partial charge in [-0.2, -0.15) is 0 Å². The average Bonchev–Trinajstić information content (AvgIpc) is 2.94. The number of amides is 1. The first kappa shape index (κ1) is 17.4. The summed E-state index contributed by atoms with van der Waals surface area (Å²) in [6.45, 7) is 3.82. The number of carbonyl (C=O) groups excluding carboxylic acids is 1. The van der Waals surface area contributed by atoms with Crippen molar-refractivity contribution >= 4 is 5.91 Å². The van der Waals surface area contributed by atoms with Gasteiger partial charge < -0.3 is 15.7 Å². The summed E-state index contributed by atoms with van der Waals surface area (Å²) in [5, 5.41) is 17.2. The molecule has 5 heteroatoms. The van der Waals surface area contributed by atoms with Crippen LogP contribution in [0.15, 0.2) is 0 Å². The quantitative estimate of drug-likeness (QED) is 0.710. The summed E-state index contributed by atoms with van der Waals surface area (Å²) >= 11 is 0. The van der Waals surface area contributed by atoms with Gasteiger partial charge in [-0.15, -0.1) is 0 Å². The molecule has 4 saturated carbocycles. The van der Waals surface area contributed by atoms with Crippen LogP contribution in [0, 0.1) is 23.7 Å². The van der Waals surface area contributed by atoms with E-state index in [1.54, 1.807) is 0 Å². The molecule has 2 heterocycles. The largest absolute Gasteiger partial charge is 0.392 e. The lowest BCUT2D eigenvalue weighted by atomic mass is 9.53. The van der Waals surface area contributed by atoms with Crippen LogP contribution in [0.25, 0.3) is 0 Å². The van der Waals surface area contributed by atoms with Crippen molar-refractivity contribution in [1.29, 1.82) is 0 Å². The van der Waals surface area contributed by atoms with Crippen LogP contribution in [0.3, 0.4) is 0 Å². The number of likely N-dealkylation sites (tertiary alicyclic amines) is 1. The summed E-state index contributed by atoms with van der Waals surface area (Å²) < 4.78 is 0. The fourth-order valence-electron chi connectivity index (χ4n) is 7.36. The van der Waals surface area contributed by atoms with Crippen LogP contribution in [0.5, 0.6) is 0 Å². The van der Waals surface area contributed by atoms with Crippen molar-refractivity contribution in [3.05, 3.63) is 0 Å². The van der Waals surface area contributed by atoms with E-state index in [0.29, 0.717) is 18.9 Å². The first-order chi connectivity index (χ1) is 12.6. The lowest BCUT2D eigenvalue weighted by Gasteiger charge is -2.57. The molecule has 2 saturated heterocycles. The number of nitrogens with one attached hydrogen (secondary N) is 2. The highest BCUT2D eigenvalue weighted by Crippen LogP contribution is 2.55. The van der Waals surface area contributed by atoms with Crippen molar-refractivity contribution in [2.75, 3.05) is 26.2 Å². The van der Waals surface area contributed by atoms with E-state index in [4.69, 9.17) is 0 Å². The molecule has 26 heavy (non-hydrogen) atoms. The molecule has 0 unspecified atom stereocenters. The highest BCUT2D eigenvalue weighted by atomic mass is 16.3. The highest BCUT2D eigenvalue weighted by Gasteiger charge is 2.52. The molecule has 3 N–H and O–H groups in total. The van der Waals surface area contributed by atoms with Crippen LogP contribution >= 0.6 is 0 Å². The molecule has 2 atom stereocenters. The van der Waals surface area contributed by atoms with Crippen LogP contribution in [0.1, 0.15) is 57.8 Å². The van der Waals surface area contributed by atoms with E-state index in [2.05, 4.69) is 15.5 Å². The Bertz CT molecular complexity index is 510. The van der Waals surface area contributed by atoms with Crippen LogP contribution < -0.4 is 10.6 Å². The molecule has 0 aromatic rings. The zero-order chi connectivity index (χ0) is 17.7.